The van der Waals surface area contributed by atoms with Gasteiger partial charge in [-0.05, 0) is 18.1 Å². The van der Waals surface area contributed by atoms with Gasteiger partial charge < -0.3 is 14.8 Å². The van der Waals surface area contributed by atoms with Gasteiger partial charge in [0.25, 0.3) is 0 Å². The zero-order valence-corrected chi connectivity index (χ0v) is 10.7. The van der Waals surface area contributed by atoms with Crippen molar-refractivity contribution in [2.24, 2.45) is 5.92 Å². The highest BCUT2D eigenvalue weighted by molar-refractivity contribution is 5.60. The Morgan fingerprint density at radius 3 is 2.41 bits per heavy atom. The number of nitrogens with zero attached hydrogens (tertiary/aromatic N) is 1. The normalized spacial score (nSPS) is 11.8. The van der Waals surface area contributed by atoms with Gasteiger partial charge in [-0.1, -0.05) is 13.8 Å². The van der Waals surface area contributed by atoms with E-state index in [0.717, 1.165) is 11.4 Å². The molecule has 0 heterocycles. The number of hydrogen-bond donors (Lipinski definition) is 1. The van der Waals surface area contributed by atoms with Gasteiger partial charge in [0.1, 0.15) is 17.5 Å². The van der Waals surface area contributed by atoms with Gasteiger partial charge in [0.2, 0.25) is 0 Å². The fourth-order valence-electron chi connectivity index (χ4n) is 1.44. The minimum absolute atomic E-state index is 0.218. The average Bonchev–Trinajstić information content (AvgIpc) is 2.35. The minimum Gasteiger partial charge on any atom is -0.497 e. The summed E-state index contributed by atoms with van der Waals surface area (Å²) in [6.45, 7) is 3.99. The molecule has 0 fully saturated rings. The maximum Gasteiger partial charge on any atom is 0.142 e. The minimum atomic E-state index is -0.254. The van der Waals surface area contributed by atoms with E-state index in [9.17, 15) is 0 Å². The molecule has 0 aliphatic rings. The number of methoxy groups -OCH3 is 2. The van der Waals surface area contributed by atoms with E-state index < -0.39 is 0 Å². The SMILES string of the molecule is COc1ccc(OC)c(NC(C#N)C(C)C)c1. The van der Waals surface area contributed by atoms with E-state index in [1.54, 1.807) is 14.2 Å². The molecule has 1 N–H and O–H groups in total. The maximum absolute atomic E-state index is 9.06. The Hall–Kier alpha value is -1.89. The fraction of sp³-hybridized carbons (Fsp3) is 0.462. The Morgan fingerprint density at radius 2 is 1.94 bits per heavy atom. The van der Waals surface area contributed by atoms with Gasteiger partial charge in [-0.2, -0.15) is 5.26 Å². The average molecular weight is 234 g/mol. The van der Waals surface area contributed by atoms with Crippen LogP contribution in [0.2, 0.25) is 0 Å². The number of benzene rings is 1. The number of rotatable bonds is 5. The summed E-state index contributed by atoms with van der Waals surface area (Å²) in [5.74, 6) is 1.65. The molecule has 1 atom stereocenters. The van der Waals surface area contributed by atoms with Crippen molar-refractivity contribution in [1.29, 1.82) is 5.26 Å². The van der Waals surface area contributed by atoms with Crippen LogP contribution in [0.25, 0.3) is 0 Å². The van der Waals surface area contributed by atoms with Crippen LogP contribution in [0.3, 0.4) is 0 Å². The van der Waals surface area contributed by atoms with Crippen LogP contribution >= 0.6 is 0 Å². The lowest BCUT2D eigenvalue weighted by Gasteiger charge is -2.18. The molecule has 0 bridgehead atoms. The lowest BCUT2D eigenvalue weighted by atomic mass is 10.1. The first-order chi connectivity index (χ1) is 8.12. The van der Waals surface area contributed by atoms with Crippen LogP contribution in [0.4, 0.5) is 5.69 Å². The van der Waals surface area contributed by atoms with Crippen molar-refractivity contribution in [1.82, 2.24) is 0 Å². The molecule has 1 unspecified atom stereocenters. The van der Waals surface area contributed by atoms with E-state index in [1.807, 2.05) is 32.0 Å². The van der Waals surface area contributed by atoms with Gasteiger partial charge in [0.15, 0.2) is 0 Å². The summed E-state index contributed by atoms with van der Waals surface area (Å²) in [6, 6.07) is 7.44. The largest absolute Gasteiger partial charge is 0.497 e. The number of nitriles is 1. The lowest BCUT2D eigenvalue weighted by molar-refractivity contribution is 0.404. The first kappa shape index (κ1) is 13.2. The number of ether oxygens (including phenoxy) is 2. The molecule has 17 heavy (non-hydrogen) atoms. The Bertz CT molecular complexity index is 410. The van der Waals surface area contributed by atoms with E-state index in [-0.39, 0.29) is 12.0 Å². The van der Waals surface area contributed by atoms with Crippen LogP contribution < -0.4 is 14.8 Å². The fourth-order valence-corrected chi connectivity index (χ4v) is 1.44. The summed E-state index contributed by atoms with van der Waals surface area (Å²) in [7, 11) is 3.21. The third-order valence-electron chi connectivity index (χ3n) is 2.52. The van der Waals surface area contributed by atoms with Crippen LogP contribution in [0.1, 0.15) is 13.8 Å². The summed E-state index contributed by atoms with van der Waals surface area (Å²) < 4.78 is 10.4. The third kappa shape index (κ3) is 3.28. The van der Waals surface area contributed by atoms with Crippen LogP contribution in [0, 0.1) is 17.2 Å². The predicted octanol–water partition coefficient (Wildman–Crippen LogP) is 2.66. The van der Waals surface area contributed by atoms with E-state index in [4.69, 9.17) is 14.7 Å². The van der Waals surface area contributed by atoms with Gasteiger partial charge in [0, 0.05) is 6.07 Å². The summed E-state index contributed by atoms with van der Waals surface area (Å²) in [4.78, 5) is 0. The van der Waals surface area contributed by atoms with Crippen molar-refractivity contribution < 1.29 is 9.47 Å². The van der Waals surface area contributed by atoms with Crippen molar-refractivity contribution in [2.45, 2.75) is 19.9 Å². The van der Waals surface area contributed by atoms with Crippen LogP contribution in [-0.4, -0.2) is 20.3 Å². The van der Waals surface area contributed by atoms with Crippen LogP contribution in [0.5, 0.6) is 11.5 Å². The quantitative estimate of drug-likeness (QED) is 0.851. The molecule has 0 aromatic heterocycles. The zero-order chi connectivity index (χ0) is 12.8. The molecule has 4 heteroatoms. The molecule has 0 radical (unpaired) electrons. The number of anilines is 1. The summed E-state index contributed by atoms with van der Waals surface area (Å²) in [5, 5.41) is 12.2. The van der Waals surface area contributed by atoms with Crippen molar-refractivity contribution >= 4 is 5.69 Å². The highest BCUT2D eigenvalue weighted by atomic mass is 16.5. The molecule has 0 aliphatic heterocycles. The Kier molecular flexibility index (Phi) is 4.65. The van der Waals surface area contributed by atoms with Gasteiger partial charge in [-0.3, -0.25) is 0 Å². The van der Waals surface area contributed by atoms with E-state index in [2.05, 4.69) is 11.4 Å². The molecule has 4 nitrogen and oxygen atoms in total. The van der Waals surface area contributed by atoms with Crippen LogP contribution in [-0.2, 0) is 0 Å². The molecular formula is C13H18N2O2. The molecule has 1 aromatic rings. The highest BCUT2D eigenvalue weighted by Crippen LogP contribution is 2.30. The third-order valence-corrected chi connectivity index (χ3v) is 2.52. The second-order valence-electron chi connectivity index (χ2n) is 4.06. The molecule has 0 saturated heterocycles. The standard InChI is InChI=1S/C13H18N2O2/c1-9(2)12(8-14)15-11-7-10(16-3)5-6-13(11)17-4/h5-7,9,12,15H,1-4H3. The predicted molar refractivity (Wildman–Crippen MR) is 67.4 cm³/mol. The van der Waals surface area contributed by atoms with E-state index >= 15 is 0 Å². The molecular weight excluding hydrogens is 216 g/mol. The molecule has 0 saturated carbocycles. The second-order valence-corrected chi connectivity index (χ2v) is 4.06. The Balaban J connectivity index is 2.98. The number of nitrogens with one attached hydrogen (secondary N) is 1. The van der Waals surface area contributed by atoms with Crippen molar-refractivity contribution in [3.05, 3.63) is 18.2 Å². The van der Waals surface area contributed by atoms with Gasteiger partial charge in [0.05, 0.1) is 26.0 Å². The zero-order valence-electron chi connectivity index (χ0n) is 10.7. The second kappa shape index (κ2) is 6.00. The first-order valence-corrected chi connectivity index (χ1v) is 5.50. The van der Waals surface area contributed by atoms with E-state index in [1.165, 1.54) is 0 Å². The number of hydrogen-bond acceptors (Lipinski definition) is 4. The van der Waals surface area contributed by atoms with Gasteiger partial charge in [-0.15, -0.1) is 0 Å². The van der Waals surface area contributed by atoms with E-state index in [0.29, 0.717) is 5.75 Å². The summed E-state index contributed by atoms with van der Waals surface area (Å²) in [6.07, 6.45) is 0. The molecule has 0 aliphatic carbocycles. The van der Waals surface area contributed by atoms with Crippen molar-refractivity contribution in [3.8, 4) is 17.6 Å². The van der Waals surface area contributed by atoms with Gasteiger partial charge in [-0.25, -0.2) is 0 Å². The Morgan fingerprint density at radius 1 is 1.24 bits per heavy atom. The topological polar surface area (TPSA) is 54.3 Å². The molecule has 1 aromatic carbocycles. The van der Waals surface area contributed by atoms with Crippen molar-refractivity contribution in [3.63, 3.8) is 0 Å². The highest BCUT2D eigenvalue weighted by Gasteiger charge is 2.14. The maximum atomic E-state index is 9.06. The molecule has 92 valence electrons. The molecule has 1 rings (SSSR count). The Labute approximate surface area is 102 Å². The van der Waals surface area contributed by atoms with Crippen LogP contribution in [0.15, 0.2) is 18.2 Å². The lowest BCUT2D eigenvalue weighted by Crippen LogP contribution is -2.23. The first-order valence-electron chi connectivity index (χ1n) is 5.50. The summed E-state index contributed by atoms with van der Waals surface area (Å²) >= 11 is 0. The smallest absolute Gasteiger partial charge is 0.142 e. The molecule has 0 amide bonds. The van der Waals surface area contributed by atoms with Gasteiger partial charge >= 0.3 is 0 Å². The van der Waals surface area contributed by atoms with Crippen molar-refractivity contribution in [2.75, 3.05) is 19.5 Å². The molecule has 0 spiro atoms. The monoisotopic (exact) mass is 234 g/mol. The summed E-state index contributed by atoms with van der Waals surface area (Å²) in [5.41, 5.74) is 0.770.